The second-order valence-corrected chi connectivity index (χ2v) is 10.8. The van der Waals surface area contributed by atoms with E-state index in [1.54, 1.807) is 42.4 Å². The van der Waals surface area contributed by atoms with E-state index in [4.69, 9.17) is 10.7 Å². The van der Waals surface area contributed by atoms with Crippen molar-refractivity contribution in [3.8, 4) is 11.3 Å². The van der Waals surface area contributed by atoms with Crippen molar-refractivity contribution >= 4 is 29.2 Å². The second-order valence-electron chi connectivity index (χ2n) is 10.8. The highest BCUT2D eigenvalue weighted by Gasteiger charge is 2.43. The Hall–Kier alpha value is -4.97. The molecule has 0 bridgehead atoms. The molecule has 1 atom stereocenters. The molecule has 0 radical (unpaired) electrons. The Balaban J connectivity index is 1.27. The fraction of sp³-hybridized carbons (Fsp3) is 0.258. The molecule has 2 aliphatic heterocycles. The van der Waals surface area contributed by atoms with Gasteiger partial charge in [0.15, 0.2) is 0 Å². The summed E-state index contributed by atoms with van der Waals surface area (Å²) in [4.78, 5) is 43.8. The SMILES string of the molecule is CNC1(C(N)=O)CCN(C(=O)c2ccc(Nc3ncc4c(n3)-c3c([nH]c(C)c3C)C(c3c(F)cccc3F)=NC4)cc2)C1. The van der Waals surface area contributed by atoms with Gasteiger partial charge < -0.3 is 26.3 Å². The molecule has 6 rings (SSSR count). The molecule has 12 heteroatoms. The van der Waals surface area contributed by atoms with Crippen molar-refractivity contribution in [2.45, 2.75) is 32.4 Å². The standard InChI is InChI=1S/C31H30F2N8O2/c1-16-17(2)38-27-23(16)25-19(13-36-26(27)24-21(32)5-4-6-22(24)33)14-37-30(40-25)39-20-9-7-18(8-10-20)28(42)41-12-11-31(15-41,35-3)29(34)43/h4-10,14,35,38H,11-13,15H2,1-3H3,(H2,34,43)(H,37,39,40). The number of aryl methyl sites for hydroxylation is 1. The van der Waals surface area contributed by atoms with E-state index in [9.17, 15) is 18.4 Å². The minimum absolute atomic E-state index is 0.137. The van der Waals surface area contributed by atoms with Crippen molar-refractivity contribution in [2.75, 3.05) is 25.5 Å². The van der Waals surface area contributed by atoms with Crippen LogP contribution in [0.3, 0.4) is 0 Å². The van der Waals surface area contributed by atoms with Crippen LogP contribution in [0.1, 0.15) is 44.9 Å². The van der Waals surface area contributed by atoms with Gasteiger partial charge in [-0.2, -0.15) is 0 Å². The Kier molecular flexibility index (Phi) is 7.01. The first-order valence-electron chi connectivity index (χ1n) is 13.8. The number of H-pyrrole nitrogens is 1. The van der Waals surface area contributed by atoms with Gasteiger partial charge in [0, 0.05) is 47.4 Å². The molecule has 43 heavy (non-hydrogen) atoms. The van der Waals surface area contributed by atoms with Gasteiger partial charge in [0.1, 0.15) is 17.2 Å². The smallest absolute Gasteiger partial charge is 0.253 e. The number of hydrogen-bond donors (Lipinski definition) is 4. The number of primary amides is 1. The Morgan fingerprint density at radius 3 is 2.44 bits per heavy atom. The molecule has 0 spiro atoms. The largest absolute Gasteiger partial charge is 0.368 e. The summed E-state index contributed by atoms with van der Waals surface area (Å²) in [6.07, 6.45) is 2.10. The molecule has 1 fully saturated rings. The number of likely N-dealkylation sites (N-methyl/N-ethyl adjacent to an activating group) is 1. The molecule has 220 valence electrons. The van der Waals surface area contributed by atoms with Crippen LogP contribution in [0.2, 0.25) is 0 Å². The summed E-state index contributed by atoms with van der Waals surface area (Å²) in [6.45, 7) is 4.56. The summed E-state index contributed by atoms with van der Waals surface area (Å²) in [5.74, 6) is -1.77. The third kappa shape index (κ3) is 4.83. The summed E-state index contributed by atoms with van der Waals surface area (Å²) in [5, 5.41) is 6.15. The van der Waals surface area contributed by atoms with E-state index < -0.39 is 23.1 Å². The lowest BCUT2D eigenvalue weighted by molar-refractivity contribution is -0.123. The number of aromatic amines is 1. The van der Waals surface area contributed by atoms with Gasteiger partial charge in [0.2, 0.25) is 11.9 Å². The number of hydrogen-bond acceptors (Lipinski definition) is 7. The maximum atomic E-state index is 14.8. The average Bonchev–Trinajstić information content (AvgIpc) is 3.52. The van der Waals surface area contributed by atoms with Crippen LogP contribution in [0.15, 0.2) is 53.7 Å². The van der Waals surface area contributed by atoms with Crippen molar-refractivity contribution in [1.29, 1.82) is 0 Å². The summed E-state index contributed by atoms with van der Waals surface area (Å²) in [7, 11) is 1.66. The fourth-order valence-corrected chi connectivity index (χ4v) is 5.68. The Morgan fingerprint density at radius 2 is 1.79 bits per heavy atom. The van der Waals surface area contributed by atoms with Gasteiger partial charge in [0.25, 0.3) is 5.91 Å². The molecule has 10 nitrogen and oxygen atoms in total. The van der Waals surface area contributed by atoms with Gasteiger partial charge in [-0.1, -0.05) is 6.07 Å². The molecule has 5 N–H and O–H groups in total. The highest BCUT2D eigenvalue weighted by Crippen LogP contribution is 2.36. The predicted molar refractivity (Wildman–Crippen MR) is 158 cm³/mol. The molecule has 2 aromatic carbocycles. The molecule has 4 heterocycles. The predicted octanol–water partition coefficient (Wildman–Crippen LogP) is 3.75. The number of nitrogens with two attached hydrogens (primary N) is 1. The average molecular weight is 585 g/mol. The lowest BCUT2D eigenvalue weighted by atomic mass is 9.98. The molecule has 2 aliphatic rings. The molecular formula is C31H30F2N8O2. The van der Waals surface area contributed by atoms with Crippen LogP contribution in [0, 0.1) is 25.5 Å². The number of aromatic nitrogens is 3. The monoisotopic (exact) mass is 584 g/mol. The van der Waals surface area contributed by atoms with Crippen molar-refractivity contribution in [3.05, 3.63) is 93.9 Å². The minimum Gasteiger partial charge on any atom is -0.368 e. The highest BCUT2D eigenvalue weighted by molar-refractivity contribution is 6.16. The van der Waals surface area contributed by atoms with Crippen LogP contribution in [-0.4, -0.2) is 63.1 Å². The zero-order valence-electron chi connectivity index (χ0n) is 23.9. The molecule has 0 saturated carbocycles. The number of rotatable bonds is 6. The van der Waals surface area contributed by atoms with E-state index in [0.717, 1.165) is 11.3 Å². The summed E-state index contributed by atoms with van der Waals surface area (Å²) in [5.41, 5.74) is 9.99. The van der Waals surface area contributed by atoms with Gasteiger partial charge in [-0.3, -0.25) is 14.6 Å². The highest BCUT2D eigenvalue weighted by atomic mass is 19.1. The summed E-state index contributed by atoms with van der Waals surface area (Å²) >= 11 is 0. The van der Waals surface area contributed by atoms with Crippen molar-refractivity contribution in [2.24, 2.45) is 10.7 Å². The third-order valence-corrected chi connectivity index (χ3v) is 8.34. The molecule has 2 amide bonds. The molecule has 2 aromatic heterocycles. The van der Waals surface area contributed by atoms with E-state index >= 15 is 0 Å². The number of carbonyl (C=O) groups is 2. The summed E-state index contributed by atoms with van der Waals surface area (Å²) in [6, 6.07) is 10.6. The van der Waals surface area contributed by atoms with Gasteiger partial charge in [0.05, 0.1) is 29.2 Å². The maximum Gasteiger partial charge on any atom is 0.253 e. The first-order chi connectivity index (χ1) is 20.6. The number of fused-ring (bicyclic) bond motifs is 3. The molecule has 1 unspecified atom stereocenters. The maximum absolute atomic E-state index is 14.8. The Bertz CT molecular complexity index is 1780. The van der Waals surface area contributed by atoms with Gasteiger partial charge >= 0.3 is 0 Å². The zero-order valence-corrected chi connectivity index (χ0v) is 23.9. The first kappa shape index (κ1) is 28.2. The van der Waals surface area contributed by atoms with Gasteiger partial charge in [-0.05, 0) is 69.3 Å². The number of halogens is 2. The van der Waals surface area contributed by atoms with E-state index in [0.29, 0.717) is 52.7 Å². The molecule has 0 aliphatic carbocycles. The lowest BCUT2D eigenvalue weighted by Crippen LogP contribution is -2.56. The van der Waals surface area contributed by atoms with Crippen LogP contribution >= 0.6 is 0 Å². The Morgan fingerprint density at radius 1 is 1.07 bits per heavy atom. The van der Waals surface area contributed by atoms with Crippen molar-refractivity contribution in [3.63, 3.8) is 0 Å². The molecule has 1 saturated heterocycles. The topological polar surface area (TPSA) is 141 Å². The molecule has 4 aromatic rings. The van der Waals surface area contributed by atoms with E-state index in [-0.39, 0.29) is 30.3 Å². The Labute approximate surface area is 246 Å². The normalized spacial score (nSPS) is 17.6. The quantitative estimate of drug-likeness (QED) is 0.272. The number of nitrogens with zero attached hydrogens (tertiary/aromatic N) is 4. The number of benzene rings is 2. The van der Waals surface area contributed by atoms with Crippen LogP contribution in [0.25, 0.3) is 11.3 Å². The zero-order chi connectivity index (χ0) is 30.5. The number of nitrogens with one attached hydrogen (secondary N) is 3. The minimum atomic E-state index is -0.925. The van der Waals surface area contributed by atoms with Crippen LogP contribution in [-0.2, 0) is 11.3 Å². The number of carbonyl (C=O) groups excluding carboxylic acids is 2. The van der Waals surface area contributed by atoms with E-state index in [2.05, 4.69) is 25.6 Å². The van der Waals surface area contributed by atoms with Gasteiger partial charge in [-0.15, -0.1) is 0 Å². The number of amides is 2. The van der Waals surface area contributed by atoms with Crippen molar-refractivity contribution < 1.29 is 18.4 Å². The first-order valence-corrected chi connectivity index (χ1v) is 13.8. The van der Waals surface area contributed by atoms with Crippen molar-refractivity contribution in [1.82, 2.24) is 25.2 Å². The third-order valence-electron chi connectivity index (χ3n) is 8.34. The lowest BCUT2D eigenvalue weighted by Gasteiger charge is -2.25. The van der Waals surface area contributed by atoms with Crippen LogP contribution < -0.4 is 16.4 Å². The van der Waals surface area contributed by atoms with E-state index in [1.165, 1.54) is 18.2 Å². The molecular weight excluding hydrogens is 554 g/mol. The summed E-state index contributed by atoms with van der Waals surface area (Å²) < 4.78 is 29.7. The fourth-order valence-electron chi connectivity index (χ4n) is 5.68. The van der Waals surface area contributed by atoms with Crippen LogP contribution in [0.5, 0.6) is 0 Å². The number of aliphatic imine (C=N–C) groups is 1. The number of anilines is 2. The van der Waals surface area contributed by atoms with E-state index in [1.807, 2.05) is 13.8 Å². The second kappa shape index (κ2) is 10.7. The van der Waals surface area contributed by atoms with Crippen LogP contribution in [0.4, 0.5) is 20.4 Å². The number of likely N-dealkylation sites (tertiary alicyclic amines) is 1. The van der Waals surface area contributed by atoms with Gasteiger partial charge in [-0.25, -0.2) is 18.7 Å².